The van der Waals surface area contributed by atoms with Gasteiger partial charge in [-0.05, 0) is 13.8 Å². The molecule has 36 valence electrons. The highest BCUT2D eigenvalue weighted by molar-refractivity contribution is 5.14. The molecule has 0 spiro atoms. The second kappa shape index (κ2) is 1.96. The monoisotopic (exact) mass is 86.1 g/mol. The lowest BCUT2D eigenvalue weighted by Crippen LogP contribution is -2.11. The Kier molecular flexibility index (Phi) is 1.85. The van der Waals surface area contributed by atoms with E-state index in [9.17, 15) is 0 Å². The Bertz CT molecular complexity index is 55.0. The highest BCUT2D eigenvalue weighted by Gasteiger charge is 1.93. The van der Waals surface area contributed by atoms with Crippen molar-refractivity contribution < 1.29 is 4.58 Å². The van der Waals surface area contributed by atoms with Crippen LogP contribution < -0.4 is 0 Å². The summed E-state index contributed by atoms with van der Waals surface area (Å²) in [7, 11) is 1.96. The van der Waals surface area contributed by atoms with Crippen molar-refractivity contribution in [1.29, 1.82) is 0 Å². The van der Waals surface area contributed by atoms with Crippen molar-refractivity contribution in [3.05, 3.63) is 0 Å². The molecule has 0 fully saturated rings. The summed E-state index contributed by atoms with van der Waals surface area (Å²) in [4.78, 5) is 0. The molecule has 0 aromatic carbocycles. The molecule has 0 N–H and O–H groups in total. The maximum absolute atomic E-state index is 3.67. The number of rotatable bonds is 1. The van der Waals surface area contributed by atoms with E-state index < -0.39 is 0 Å². The van der Waals surface area contributed by atoms with Crippen molar-refractivity contribution in [2.45, 2.75) is 19.9 Å². The van der Waals surface area contributed by atoms with Crippen LogP contribution in [-0.2, 0) is 0 Å². The molecule has 0 aromatic rings. The topological polar surface area (TPSA) is 3.01 Å². The van der Waals surface area contributed by atoms with Gasteiger partial charge in [-0.3, -0.25) is 0 Å². The molecule has 0 unspecified atom stereocenters. The van der Waals surface area contributed by atoms with E-state index in [1.807, 2.05) is 11.6 Å². The van der Waals surface area contributed by atoms with Gasteiger partial charge in [0, 0.05) is 0 Å². The van der Waals surface area contributed by atoms with Gasteiger partial charge in [-0.25, -0.2) is 4.58 Å². The van der Waals surface area contributed by atoms with E-state index >= 15 is 0 Å². The summed E-state index contributed by atoms with van der Waals surface area (Å²) >= 11 is 0. The van der Waals surface area contributed by atoms with Crippen LogP contribution in [0, 0.1) is 0 Å². The molecule has 0 atom stereocenters. The van der Waals surface area contributed by atoms with Gasteiger partial charge in [0.25, 0.3) is 0 Å². The quantitative estimate of drug-likeness (QED) is 0.327. The Morgan fingerprint density at radius 2 is 1.67 bits per heavy atom. The van der Waals surface area contributed by atoms with Crippen LogP contribution in [0.15, 0.2) is 0 Å². The Hall–Kier alpha value is -0.330. The van der Waals surface area contributed by atoms with E-state index in [1.165, 1.54) is 0 Å². The van der Waals surface area contributed by atoms with E-state index in [-0.39, 0.29) is 0 Å². The third-order valence-electron chi connectivity index (χ3n) is 0.882. The highest BCUT2D eigenvalue weighted by atomic mass is 15.0. The molecule has 0 saturated heterocycles. The smallest absolute Gasteiger partial charge is 0.146 e. The molecule has 0 bridgehead atoms. The first kappa shape index (κ1) is 5.67. The molecule has 6 heavy (non-hydrogen) atoms. The molecular formula is C5H12N+. The van der Waals surface area contributed by atoms with E-state index in [2.05, 4.69) is 20.6 Å². The third-order valence-corrected chi connectivity index (χ3v) is 0.882. The van der Waals surface area contributed by atoms with Gasteiger partial charge >= 0.3 is 0 Å². The summed E-state index contributed by atoms with van der Waals surface area (Å²) in [6.45, 7) is 7.88. The molecule has 0 amide bonds. The first-order chi connectivity index (χ1) is 2.64. The van der Waals surface area contributed by atoms with Crippen molar-refractivity contribution in [2.24, 2.45) is 0 Å². The largest absolute Gasteiger partial charge is 0.243 e. The van der Waals surface area contributed by atoms with Gasteiger partial charge in [-0.15, -0.1) is 0 Å². The van der Waals surface area contributed by atoms with Crippen molar-refractivity contribution in [1.82, 2.24) is 0 Å². The minimum Gasteiger partial charge on any atom is -0.243 e. The van der Waals surface area contributed by atoms with Crippen LogP contribution in [0.3, 0.4) is 0 Å². The Balaban J connectivity index is 3.26. The van der Waals surface area contributed by atoms with Gasteiger partial charge in [-0.1, -0.05) is 0 Å². The summed E-state index contributed by atoms with van der Waals surface area (Å²) < 4.78 is 1.92. The van der Waals surface area contributed by atoms with Gasteiger partial charge < -0.3 is 0 Å². The van der Waals surface area contributed by atoms with Crippen LogP contribution in [0.2, 0.25) is 0 Å². The molecule has 0 heterocycles. The van der Waals surface area contributed by atoms with Gasteiger partial charge in [0.15, 0.2) is 0 Å². The molecule has 0 aromatic heterocycles. The number of nitrogens with zero attached hydrogens (tertiary/aromatic N) is 1. The van der Waals surface area contributed by atoms with Crippen molar-refractivity contribution in [3.63, 3.8) is 0 Å². The minimum absolute atomic E-state index is 0.574. The lowest BCUT2D eigenvalue weighted by Gasteiger charge is -1.93. The van der Waals surface area contributed by atoms with Crippen LogP contribution in [0.5, 0.6) is 0 Å². The zero-order chi connectivity index (χ0) is 5.15. The maximum Gasteiger partial charge on any atom is 0.146 e. The van der Waals surface area contributed by atoms with Crippen LogP contribution in [0.1, 0.15) is 13.8 Å². The predicted octanol–water partition coefficient (Wildman–Crippen LogP) is 0.738. The van der Waals surface area contributed by atoms with Gasteiger partial charge in [-0.2, -0.15) is 0 Å². The molecule has 0 saturated carbocycles. The third kappa shape index (κ3) is 1.94. The fourth-order valence-corrected chi connectivity index (χ4v) is 0. The summed E-state index contributed by atoms with van der Waals surface area (Å²) in [5.74, 6) is 0. The van der Waals surface area contributed by atoms with Crippen LogP contribution >= 0.6 is 0 Å². The summed E-state index contributed by atoms with van der Waals surface area (Å²) in [6.07, 6.45) is 0. The molecule has 0 aliphatic carbocycles. The molecule has 1 nitrogen and oxygen atoms in total. The lowest BCUT2D eigenvalue weighted by molar-refractivity contribution is -0.521. The zero-order valence-corrected chi connectivity index (χ0v) is 4.73. The summed E-state index contributed by atoms with van der Waals surface area (Å²) in [5, 5.41) is 0. The molecule has 0 aliphatic heterocycles. The fourth-order valence-electron chi connectivity index (χ4n) is 0. The lowest BCUT2D eigenvalue weighted by atomic mass is 10.4. The standard InChI is InChI=1S/C5H12N/c1-5(2)6(3)4/h5H,3H2,1-2,4H3/q+1. The van der Waals surface area contributed by atoms with Gasteiger partial charge in [0.2, 0.25) is 0 Å². The molecule has 0 radical (unpaired) electrons. The van der Waals surface area contributed by atoms with Crippen molar-refractivity contribution in [2.75, 3.05) is 7.05 Å². The molecule has 1 heteroatoms. The van der Waals surface area contributed by atoms with Gasteiger partial charge in [0.1, 0.15) is 19.8 Å². The van der Waals surface area contributed by atoms with Crippen LogP contribution in [0.25, 0.3) is 0 Å². The van der Waals surface area contributed by atoms with Crippen LogP contribution in [-0.4, -0.2) is 24.4 Å². The number of hydrogen-bond donors (Lipinski definition) is 0. The van der Waals surface area contributed by atoms with E-state index in [1.54, 1.807) is 0 Å². The average molecular weight is 86.2 g/mol. The molecule has 0 aliphatic rings. The predicted molar refractivity (Wildman–Crippen MR) is 28.4 cm³/mol. The van der Waals surface area contributed by atoms with Gasteiger partial charge in [0.05, 0.1) is 0 Å². The maximum atomic E-state index is 3.67. The van der Waals surface area contributed by atoms with Crippen molar-refractivity contribution >= 4 is 6.72 Å². The van der Waals surface area contributed by atoms with Crippen LogP contribution in [0.4, 0.5) is 0 Å². The average Bonchev–Trinajstić information content (AvgIpc) is 1.36. The van der Waals surface area contributed by atoms with Crippen molar-refractivity contribution in [3.8, 4) is 0 Å². The summed E-state index contributed by atoms with van der Waals surface area (Å²) in [5.41, 5.74) is 0. The highest BCUT2D eigenvalue weighted by Crippen LogP contribution is 1.77. The molecular weight excluding hydrogens is 74.1 g/mol. The SMILES string of the molecule is C=[N+](C)C(C)C. The number of hydrogen-bond acceptors (Lipinski definition) is 0. The zero-order valence-electron chi connectivity index (χ0n) is 4.73. The Morgan fingerprint density at radius 3 is 1.67 bits per heavy atom. The first-order valence-corrected chi connectivity index (χ1v) is 2.18. The summed E-state index contributed by atoms with van der Waals surface area (Å²) in [6, 6.07) is 0.574. The Labute approximate surface area is 39.3 Å². The second-order valence-corrected chi connectivity index (χ2v) is 1.85. The first-order valence-electron chi connectivity index (χ1n) is 2.18. The van der Waals surface area contributed by atoms with E-state index in [0.717, 1.165) is 0 Å². The fraction of sp³-hybridized carbons (Fsp3) is 0.800. The minimum atomic E-state index is 0.574. The van der Waals surface area contributed by atoms with E-state index in [4.69, 9.17) is 0 Å². The Morgan fingerprint density at radius 1 is 1.50 bits per heavy atom. The normalized spacial score (nSPS) is 9.33. The van der Waals surface area contributed by atoms with E-state index in [0.29, 0.717) is 6.04 Å². The molecule has 0 rings (SSSR count). The second-order valence-electron chi connectivity index (χ2n) is 1.85.